The van der Waals surface area contributed by atoms with E-state index >= 15 is 0 Å². The van der Waals surface area contributed by atoms with Gasteiger partial charge in [-0.15, -0.1) is 0 Å². The Bertz CT molecular complexity index is 580. The Morgan fingerprint density at radius 2 is 1.78 bits per heavy atom. The molecule has 0 saturated carbocycles. The number of hydrogen-bond donors (Lipinski definition) is 1. The minimum absolute atomic E-state index is 0.188. The van der Waals surface area contributed by atoms with Crippen LogP contribution >= 0.6 is 0 Å². The average Bonchev–Trinajstić information content (AvgIpc) is 2.56. The molecule has 0 bridgehead atoms. The molecule has 0 aliphatic carbocycles. The number of ether oxygens (including phenoxy) is 1. The lowest BCUT2D eigenvalue weighted by Crippen LogP contribution is -2.44. The molecule has 1 aliphatic heterocycles. The molecule has 0 radical (unpaired) electrons. The number of rotatable bonds is 2. The molecule has 2 heterocycles. The molecule has 2 rings (SSSR count). The van der Waals surface area contributed by atoms with Crippen LogP contribution in [0.2, 0.25) is 0 Å². The van der Waals surface area contributed by atoms with Gasteiger partial charge in [0, 0.05) is 17.2 Å². The molecule has 1 aromatic heterocycles. The molecule has 1 aliphatic rings. The zero-order valence-electron chi connectivity index (χ0n) is 14.9. The van der Waals surface area contributed by atoms with Crippen molar-refractivity contribution in [2.75, 3.05) is 0 Å². The Morgan fingerprint density at radius 1 is 1.22 bits per heavy atom. The van der Waals surface area contributed by atoms with Gasteiger partial charge in [0.2, 0.25) is 5.88 Å². The van der Waals surface area contributed by atoms with Gasteiger partial charge < -0.3 is 19.4 Å². The van der Waals surface area contributed by atoms with Gasteiger partial charge in [0.25, 0.3) is 0 Å². The highest BCUT2D eigenvalue weighted by atomic mass is 16.7. The third-order valence-electron chi connectivity index (χ3n) is 3.97. The maximum absolute atomic E-state index is 12.0. The van der Waals surface area contributed by atoms with Crippen molar-refractivity contribution in [1.29, 1.82) is 0 Å². The van der Waals surface area contributed by atoms with Crippen LogP contribution in [0.5, 0.6) is 5.88 Å². The zero-order valence-corrected chi connectivity index (χ0v) is 14.9. The normalized spacial score (nSPS) is 19.5. The highest BCUT2D eigenvalue weighted by molar-refractivity contribution is 6.63. The second-order valence-electron chi connectivity index (χ2n) is 7.75. The van der Waals surface area contributed by atoms with Crippen LogP contribution in [0, 0.1) is 0 Å². The molecule has 1 aromatic rings. The zero-order chi connectivity index (χ0) is 17.5. The maximum atomic E-state index is 12.0. The minimum Gasteiger partial charge on any atom is -0.399 e. The van der Waals surface area contributed by atoms with Crippen molar-refractivity contribution in [2.45, 2.75) is 65.2 Å². The molecule has 0 spiro atoms. The van der Waals surface area contributed by atoms with E-state index in [0.29, 0.717) is 5.46 Å². The van der Waals surface area contributed by atoms with E-state index in [9.17, 15) is 4.79 Å². The number of nitrogens with zero attached hydrogens (tertiary/aromatic N) is 1. The summed E-state index contributed by atoms with van der Waals surface area (Å²) in [6.07, 6.45) is 1.00. The SMILES string of the molecule is CC(C)(C)NC(=O)Oc1ncccc1B1OC(C)(C)C(C)(C)O1. The number of pyridine rings is 1. The monoisotopic (exact) mass is 320 g/mol. The second-order valence-corrected chi connectivity index (χ2v) is 7.75. The quantitative estimate of drug-likeness (QED) is 0.847. The molecule has 6 nitrogen and oxygen atoms in total. The Balaban J connectivity index is 2.21. The molecule has 23 heavy (non-hydrogen) atoms. The van der Waals surface area contributed by atoms with Crippen molar-refractivity contribution >= 4 is 18.7 Å². The van der Waals surface area contributed by atoms with Crippen LogP contribution in [0.4, 0.5) is 4.79 Å². The lowest BCUT2D eigenvalue weighted by atomic mass is 9.80. The van der Waals surface area contributed by atoms with E-state index in [1.807, 2.05) is 48.5 Å². The Morgan fingerprint density at radius 3 is 2.30 bits per heavy atom. The predicted molar refractivity (Wildman–Crippen MR) is 88.9 cm³/mol. The van der Waals surface area contributed by atoms with Gasteiger partial charge >= 0.3 is 13.2 Å². The number of carbonyl (C=O) groups is 1. The largest absolute Gasteiger partial charge is 0.500 e. The minimum atomic E-state index is -0.633. The van der Waals surface area contributed by atoms with Gasteiger partial charge in [-0.25, -0.2) is 9.78 Å². The molecule has 0 unspecified atom stereocenters. The van der Waals surface area contributed by atoms with E-state index < -0.39 is 30.0 Å². The summed E-state index contributed by atoms with van der Waals surface area (Å²) in [6, 6.07) is 3.55. The van der Waals surface area contributed by atoms with E-state index in [4.69, 9.17) is 14.0 Å². The van der Waals surface area contributed by atoms with Crippen molar-refractivity contribution in [3.63, 3.8) is 0 Å². The van der Waals surface area contributed by atoms with Gasteiger partial charge in [-0.1, -0.05) is 6.07 Å². The molecule has 1 N–H and O–H groups in total. The Kier molecular flexibility index (Phi) is 4.48. The highest BCUT2D eigenvalue weighted by Crippen LogP contribution is 2.36. The molecular weight excluding hydrogens is 295 g/mol. The molecular formula is C16H25BN2O4. The Labute approximate surface area is 138 Å². The van der Waals surface area contributed by atoms with Crippen molar-refractivity contribution in [3.8, 4) is 5.88 Å². The van der Waals surface area contributed by atoms with Crippen LogP contribution in [0.25, 0.3) is 0 Å². The third kappa shape index (κ3) is 4.03. The van der Waals surface area contributed by atoms with E-state index in [2.05, 4.69) is 10.3 Å². The van der Waals surface area contributed by atoms with E-state index in [1.165, 1.54) is 0 Å². The van der Waals surface area contributed by atoms with Crippen LogP contribution < -0.4 is 15.5 Å². The number of hydrogen-bond acceptors (Lipinski definition) is 5. The number of carbonyl (C=O) groups excluding carboxylic acids is 1. The topological polar surface area (TPSA) is 69.7 Å². The fourth-order valence-corrected chi connectivity index (χ4v) is 2.06. The summed E-state index contributed by atoms with van der Waals surface area (Å²) in [6.45, 7) is 13.5. The van der Waals surface area contributed by atoms with Crippen LogP contribution in [0.15, 0.2) is 18.3 Å². The van der Waals surface area contributed by atoms with Crippen LogP contribution in [-0.2, 0) is 9.31 Å². The van der Waals surface area contributed by atoms with Gasteiger partial charge in [-0.2, -0.15) is 0 Å². The first-order valence-electron chi connectivity index (χ1n) is 7.72. The predicted octanol–water partition coefficient (Wildman–Crippen LogP) is 2.27. The molecule has 0 aromatic carbocycles. The summed E-state index contributed by atoms with van der Waals surface area (Å²) in [5.41, 5.74) is -0.747. The Hall–Kier alpha value is -1.60. The lowest BCUT2D eigenvalue weighted by molar-refractivity contribution is 0.00578. The summed E-state index contributed by atoms with van der Waals surface area (Å²) < 4.78 is 17.3. The summed E-state index contributed by atoms with van der Waals surface area (Å²) in [7, 11) is -0.633. The molecule has 1 saturated heterocycles. The van der Waals surface area contributed by atoms with Gasteiger partial charge in [-0.05, 0) is 54.5 Å². The van der Waals surface area contributed by atoms with Crippen molar-refractivity contribution in [2.24, 2.45) is 0 Å². The summed E-state index contributed by atoms with van der Waals surface area (Å²) >= 11 is 0. The summed E-state index contributed by atoms with van der Waals surface area (Å²) in [5, 5.41) is 2.74. The number of aromatic nitrogens is 1. The summed E-state index contributed by atoms with van der Waals surface area (Å²) in [4.78, 5) is 16.1. The lowest BCUT2D eigenvalue weighted by Gasteiger charge is -2.32. The maximum Gasteiger partial charge on any atom is 0.500 e. The first-order chi connectivity index (χ1) is 10.4. The van der Waals surface area contributed by atoms with Gasteiger partial charge in [0.05, 0.1) is 11.2 Å². The van der Waals surface area contributed by atoms with Gasteiger partial charge in [0.15, 0.2) is 0 Å². The summed E-state index contributed by atoms with van der Waals surface area (Å²) in [5.74, 6) is 0.188. The van der Waals surface area contributed by atoms with E-state index in [-0.39, 0.29) is 5.88 Å². The van der Waals surface area contributed by atoms with Crippen molar-refractivity contribution < 1.29 is 18.8 Å². The highest BCUT2D eigenvalue weighted by Gasteiger charge is 2.52. The first kappa shape index (κ1) is 17.8. The van der Waals surface area contributed by atoms with Gasteiger partial charge in [0.1, 0.15) is 0 Å². The van der Waals surface area contributed by atoms with Crippen LogP contribution in [-0.4, -0.2) is 34.9 Å². The molecule has 1 fully saturated rings. The van der Waals surface area contributed by atoms with Crippen molar-refractivity contribution in [3.05, 3.63) is 18.3 Å². The van der Waals surface area contributed by atoms with Gasteiger partial charge in [-0.3, -0.25) is 0 Å². The molecule has 7 heteroatoms. The van der Waals surface area contributed by atoms with E-state index in [1.54, 1.807) is 18.3 Å². The van der Waals surface area contributed by atoms with Crippen molar-refractivity contribution in [1.82, 2.24) is 10.3 Å². The second kappa shape index (κ2) is 5.80. The molecule has 1 amide bonds. The molecule has 126 valence electrons. The van der Waals surface area contributed by atoms with Crippen LogP contribution in [0.3, 0.4) is 0 Å². The smallest absolute Gasteiger partial charge is 0.399 e. The number of nitrogens with one attached hydrogen (secondary N) is 1. The average molecular weight is 320 g/mol. The van der Waals surface area contributed by atoms with E-state index in [0.717, 1.165) is 0 Å². The first-order valence-corrected chi connectivity index (χ1v) is 7.72. The fraction of sp³-hybridized carbons (Fsp3) is 0.625. The standard InChI is InChI=1S/C16H25BN2O4/c1-14(2,3)19-13(20)21-12-11(9-8-10-18-12)17-22-15(4,5)16(6,7)23-17/h8-10H,1-7H3,(H,19,20). The number of amides is 1. The fourth-order valence-electron chi connectivity index (χ4n) is 2.06. The van der Waals surface area contributed by atoms with Crippen LogP contribution in [0.1, 0.15) is 48.5 Å². The molecule has 0 atom stereocenters. The third-order valence-corrected chi connectivity index (χ3v) is 3.97.